The fourth-order valence-corrected chi connectivity index (χ4v) is 2.66. The van der Waals surface area contributed by atoms with E-state index in [0.717, 1.165) is 12.2 Å². The van der Waals surface area contributed by atoms with E-state index in [1.807, 2.05) is 12.1 Å². The van der Waals surface area contributed by atoms with Crippen LogP contribution in [0.4, 0.5) is 14.5 Å². The Balaban J connectivity index is 1.63. The standard InChI is InChI=1S/C19H19F2NO4/c1-11-9-14(11)15-7-4-13(25-15)5-8-18(23)22-12-3-6-16(24-2)17(10-12)26-19(20)21/h3-8,10-11,14,19H,9H2,1-2H3,(H,22,23)/b8-5+. The molecule has 1 aromatic heterocycles. The molecule has 0 aliphatic heterocycles. The van der Waals surface area contributed by atoms with Crippen LogP contribution in [-0.4, -0.2) is 19.6 Å². The summed E-state index contributed by atoms with van der Waals surface area (Å²) in [6.45, 7) is -0.825. The smallest absolute Gasteiger partial charge is 0.387 e. The summed E-state index contributed by atoms with van der Waals surface area (Å²) in [5, 5.41) is 2.58. The lowest BCUT2D eigenvalue weighted by atomic mass is 10.2. The third-order valence-corrected chi connectivity index (χ3v) is 4.17. The lowest BCUT2D eigenvalue weighted by molar-refractivity contribution is -0.111. The molecule has 138 valence electrons. The number of nitrogens with one attached hydrogen (secondary N) is 1. The van der Waals surface area contributed by atoms with Gasteiger partial charge in [0.2, 0.25) is 5.91 Å². The lowest BCUT2D eigenvalue weighted by Gasteiger charge is -2.11. The topological polar surface area (TPSA) is 60.7 Å². The van der Waals surface area contributed by atoms with E-state index in [-0.39, 0.29) is 11.5 Å². The van der Waals surface area contributed by atoms with Crippen molar-refractivity contribution in [2.24, 2.45) is 5.92 Å². The van der Waals surface area contributed by atoms with Crippen molar-refractivity contribution >= 4 is 17.7 Å². The van der Waals surface area contributed by atoms with Gasteiger partial charge in [0.25, 0.3) is 0 Å². The first kappa shape index (κ1) is 18.0. The number of alkyl halides is 2. The van der Waals surface area contributed by atoms with E-state index in [2.05, 4.69) is 17.0 Å². The highest BCUT2D eigenvalue weighted by molar-refractivity contribution is 6.01. The van der Waals surface area contributed by atoms with Gasteiger partial charge in [-0.1, -0.05) is 6.92 Å². The maximum atomic E-state index is 12.4. The second kappa shape index (κ2) is 7.59. The number of hydrogen-bond acceptors (Lipinski definition) is 4. The molecular formula is C19H19F2NO4. The molecule has 7 heteroatoms. The van der Waals surface area contributed by atoms with Crippen LogP contribution in [0.2, 0.25) is 0 Å². The van der Waals surface area contributed by atoms with Gasteiger partial charge >= 0.3 is 6.61 Å². The van der Waals surface area contributed by atoms with Gasteiger partial charge in [0.05, 0.1) is 7.11 Å². The third kappa shape index (κ3) is 4.41. The molecule has 0 spiro atoms. The van der Waals surface area contributed by atoms with Gasteiger partial charge < -0.3 is 19.2 Å². The van der Waals surface area contributed by atoms with Crippen molar-refractivity contribution in [1.29, 1.82) is 0 Å². The number of anilines is 1. The van der Waals surface area contributed by atoms with Gasteiger partial charge in [-0.05, 0) is 42.7 Å². The first-order valence-electron chi connectivity index (χ1n) is 8.18. The molecule has 0 bridgehead atoms. The molecule has 1 aliphatic carbocycles. The van der Waals surface area contributed by atoms with Crippen LogP contribution in [0.1, 0.15) is 30.8 Å². The first-order valence-corrected chi connectivity index (χ1v) is 8.18. The summed E-state index contributed by atoms with van der Waals surface area (Å²) in [5.74, 6) is 2.21. The quantitative estimate of drug-likeness (QED) is 0.727. The van der Waals surface area contributed by atoms with Crippen molar-refractivity contribution < 1.29 is 27.5 Å². The van der Waals surface area contributed by atoms with Crippen molar-refractivity contribution in [3.8, 4) is 11.5 Å². The maximum absolute atomic E-state index is 12.4. The predicted octanol–water partition coefficient (Wildman–Crippen LogP) is 4.66. The van der Waals surface area contributed by atoms with Crippen LogP contribution in [0.25, 0.3) is 6.08 Å². The zero-order valence-electron chi connectivity index (χ0n) is 14.4. The molecule has 3 rings (SSSR count). The van der Waals surface area contributed by atoms with E-state index < -0.39 is 12.5 Å². The summed E-state index contributed by atoms with van der Waals surface area (Å²) >= 11 is 0. The minimum atomic E-state index is -2.99. The van der Waals surface area contributed by atoms with E-state index in [0.29, 0.717) is 23.3 Å². The van der Waals surface area contributed by atoms with Gasteiger partial charge in [-0.25, -0.2) is 0 Å². The van der Waals surface area contributed by atoms with Crippen LogP contribution in [-0.2, 0) is 4.79 Å². The monoisotopic (exact) mass is 363 g/mol. The Bertz CT molecular complexity index is 816. The molecule has 1 N–H and O–H groups in total. The summed E-state index contributed by atoms with van der Waals surface area (Å²) in [5.41, 5.74) is 0.308. The molecule has 1 amide bonds. The molecule has 2 unspecified atom stereocenters. The van der Waals surface area contributed by atoms with Crippen molar-refractivity contribution in [2.45, 2.75) is 25.9 Å². The Morgan fingerprint density at radius 2 is 2.08 bits per heavy atom. The van der Waals surface area contributed by atoms with Gasteiger partial charge in [-0.15, -0.1) is 0 Å². The molecule has 1 fully saturated rings. The van der Waals surface area contributed by atoms with E-state index in [1.54, 1.807) is 6.08 Å². The summed E-state index contributed by atoms with van der Waals surface area (Å²) in [7, 11) is 1.34. The number of benzene rings is 1. The van der Waals surface area contributed by atoms with Crippen molar-refractivity contribution in [3.05, 3.63) is 47.9 Å². The SMILES string of the molecule is COc1ccc(NC(=O)/C=C/c2ccc(C3CC3C)o2)cc1OC(F)F. The molecular weight excluding hydrogens is 344 g/mol. The normalized spacial score (nSPS) is 19.0. The number of amides is 1. The Kier molecular flexibility index (Phi) is 5.25. The number of methoxy groups -OCH3 is 1. The number of rotatable bonds is 7. The number of furan rings is 1. The summed E-state index contributed by atoms with van der Waals surface area (Å²) in [6, 6.07) is 7.97. The number of hydrogen-bond donors (Lipinski definition) is 1. The Morgan fingerprint density at radius 1 is 1.31 bits per heavy atom. The van der Waals surface area contributed by atoms with Gasteiger partial charge in [-0.2, -0.15) is 8.78 Å². The molecule has 1 heterocycles. The molecule has 1 aromatic carbocycles. The highest BCUT2D eigenvalue weighted by Crippen LogP contribution is 2.47. The van der Waals surface area contributed by atoms with Gasteiger partial charge in [0.1, 0.15) is 11.5 Å². The molecule has 2 aromatic rings. The number of carbonyl (C=O) groups excluding carboxylic acids is 1. The largest absolute Gasteiger partial charge is 0.493 e. The Hall–Kier alpha value is -2.83. The van der Waals surface area contributed by atoms with Crippen LogP contribution in [0.5, 0.6) is 11.5 Å². The minimum Gasteiger partial charge on any atom is -0.493 e. The Labute approximate surface area is 149 Å². The molecule has 0 radical (unpaired) electrons. The van der Waals surface area contributed by atoms with Crippen LogP contribution in [0, 0.1) is 5.92 Å². The van der Waals surface area contributed by atoms with E-state index in [1.165, 1.54) is 31.4 Å². The first-order chi connectivity index (χ1) is 12.5. The minimum absolute atomic E-state index is 0.149. The van der Waals surface area contributed by atoms with Crippen molar-refractivity contribution in [1.82, 2.24) is 0 Å². The van der Waals surface area contributed by atoms with Gasteiger partial charge in [-0.3, -0.25) is 4.79 Å². The van der Waals surface area contributed by atoms with Crippen LogP contribution >= 0.6 is 0 Å². The highest BCUT2D eigenvalue weighted by atomic mass is 19.3. The highest BCUT2D eigenvalue weighted by Gasteiger charge is 2.36. The van der Waals surface area contributed by atoms with Crippen molar-refractivity contribution in [2.75, 3.05) is 12.4 Å². The number of halogens is 2. The van der Waals surface area contributed by atoms with Crippen LogP contribution < -0.4 is 14.8 Å². The fourth-order valence-electron chi connectivity index (χ4n) is 2.66. The van der Waals surface area contributed by atoms with Crippen LogP contribution in [0.15, 0.2) is 40.8 Å². The average molecular weight is 363 g/mol. The molecule has 1 aliphatic rings. The van der Waals surface area contributed by atoms with Gasteiger partial charge in [0.15, 0.2) is 11.5 Å². The van der Waals surface area contributed by atoms with Gasteiger partial charge in [0, 0.05) is 23.7 Å². The summed E-state index contributed by atoms with van der Waals surface area (Å²) < 4.78 is 39.9. The Morgan fingerprint density at radius 3 is 2.73 bits per heavy atom. The van der Waals surface area contributed by atoms with E-state index in [4.69, 9.17) is 9.15 Å². The molecule has 2 atom stereocenters. The second-order valence-electron chi connectivity index (χ2n) is 6.13. The van der Waals surface area contributed by atoms with Crippen LogP contribution in [0.3, 0.4) is 0 Å². The summed E-state index contributed by atoms with van der Waals surface area (Å²) in [4.78, 5) is 12.0. The summed E-state index contributed by atoms with van der Waals surface area (Å²) in [6.07, 6.45) is 4.00. The fraction of sp³-hybridized carbons (Fsp3) is 0.316. The number of ether oxygens (including phenoxy) is 2. The molecule has 1 saturated carbocycles. The van der Waals surface area contributed by atoms with Crippen molar-refractivity contribution in [3.63, 3.8) is 0 Å². The zero-order chi connectivity index (χ0) is 18.7. The predicted molar refractivity (Wildman–Crippen MR) is 92.5 cm³/mol. The maximum Gasteiger partial charge on any atom is 0.387 e. The second-order valence-corrected chi connectivity index (χ2v) is 6.13. The average Bonchev–Trinajstić information content (AvgIpc) is 3.14. The molecule has 0 saturated heterocycles. The third-order valence-electron chi connectivity index (χ3n) is 4.17. The lowest BCUT2D eigenvalue weighted by Crippen LogP contribution is -2.09. The van der Waals surface area contributed by atoms with E-state index >= 15 is 0 Å². The van der Waals surface area contributed by atoms with E-state index in [9.17, 15) is 13.6 Å². The number of carbonyl (C=O) groups is 1. The zero-order valence-corrected chi connectivity index (χ0v) is 14.4. The molecule has 26 heavy (non-hydrogen) atoms. The molecule has 5 nitrogen and oxygen atoms in total.